The monoisotopic (exact) mass is 476 g/mol. The first kappa shape index (κ1) is 20.9. The van der Waals surface area contributed by atoms with Crippen LogP contribution in [0.25, 0.3) is 11.3 Å². The Morgan fingerprint density at radius 2 is 2.06 bits per heavy atom. The second-order valence-electron chi connectivity index (χ2n) is 7.45. The van der Waals surface area contributed by atoms with Crippen LogP contribution >= 0.6 is 11.3 Å². The second-order valence-corrected chi connectivity index (χ2v) is 10.7. The van der Waals surface area contributed by atoms with Gasteiger partial charge in [0.25, 0.3) is 16.1 Å². The Labute approximate surface area is 188 Å². The Hall–Kier alpha value is -3.00. The van der Waals surface area contributed by atoms with Crippen LogP contribution in [0.4, 0.5) is 5.13 Å². The lowest BCUT2D eigenvalue weighted by molar-refractivity contribution is 0.102. The number of nitrogens with zero attached hydrogens (tertiary/aromatic N) is 4. The SMILES string of the molecule is CN(C)S(=O)(=O)N1CCc2nc(NC(=O)c3cc(-c4ccc5c(c4)OCO5)n[nH]3)sc2C1. The van der Waals surface area contributed by atoms with Crippen LogP contribution in [-0.4, -0.2) is 65.5 Å². The maximum atomic E-state index is 12.7. The number of thiazole rings is 1. The second kappa shape index (κ2) is 7.85. The zero-order valence-electron chi connectivity index (χ0n) is 17.3. The molecule has 2 aliphatic rings. The van der Waals surface area contributed by atoms with Crippen LogP contribution < -0.4 is 14.8 Å². The van der Waals surface area contributed by atoms with Crippen LogP contribution in [-0.2, 0) is 23.2 Å². The summed E-state index contributed by atoms with van der Waals surface area (Å²) in [6.07, 6.45) is 0.493. The molecule has 0 fully saturated rings. The molecule has 3 aromatic rings. The van der Waals surface area contributed by atoms with Crippen molar-refractivity contribution in [1.82, 2.24) is 23.8 Å². The van der Waals surface area contributed by atoms with E-state index < -0.39 is 10.2 Å². The molecule has 2 aliphatic heterocycles. The number of aromatic nitrogens is 3. The molecule has 0 radical (unpaired) electrons. The summed E-state index contributed by atoms with van der Waals surface area (Å²) in [4.78, 5) is 18.0. The average Bonchev–Trinajstić information content (AvgIpc) is 3.50. The number of anilines is 1. The number of hydrogen-bond donors (Lipinski definition) is 2. The van der Waals surface area contributed by atoms with E-state index in [0.717, 1.165) is 16.1 Å². The van der Waals surface area contributed by atoms with Gasteiger partial charge in [0.2, 0.25) is 6.79 Å². The quantitative estimate of drug-likeness (QED) is 0.573. The number of nitrogens with one attached hydrogen (secondary N) is 2. The molecular weight excluding hydrogens is 456 g/mol. The highest BCUT2D eigenvalue weighted by molar-refractivity contribution is 7.86. The molecule has 32 heavy (non-hydrogen) atoms. The number of aromatic amines is 1. The molecule has 0 aliphatic carbocycles. The zero-order valence-corrected chi connectivity index (χ0v) is 18.9. The van der Waals surface area contributed by atoms with Crippen molar-refractivity contribution in [3.63, 3.8) is 0 Å². The van der Waals surface area contributed by atoms with Gasteiger partial charge >= 0.3 is 0 Å². The Bertz CT molecular complexity index is 1300. The van der Waals surface area contributed by atoms with Crippen molar-refractivity contribution in [2.24, 2.45) is 0 Å². The van der Waals surface area contributed by atoms with Gasteiger partial charge in [-0.25, -0.2) is 4.98 Å². The zero-order chi connectivity index (χ0) is 22.5. The lowest BCUT2D eigenvalue weighted by Crippen LogP contribution is -2.42. The molecule has 1 amide bonds. The first-order valence-electron chi connectivity index (χ1n) is 9.74. The van der Waals surface area contributed by atoms with Crippen molar-refractivity contribution in [2.75, 3.05) is 32.7 Å². The Balaban J connectivity index is 1.29. The number of amides is 1. The Morgan fingerprint density at radius 1 is 1.25 bits per heavy atom. The summed E-state index contributed by atoms with van der Waals surface area (Å²) in [5.41, 5.74) is 2.47. The topological polar surface area (TPSA) is 130 Å². The van der Waals surface area contributed by atoms with Crippen LogP contribution in [0.15, 0.2) is 24.3 Å². The van der Waals surface area contributed by atoms with Gasteiger partial charge in [-0.15, -0.1) is 11.3 Å². The smallest absolute Gasteiger partial charge is 0.281 e. The minimum atomic E-state index is -3.50. The molecule has 0 spiro atoms. The number of hydrogen-bond acceptors (Lipinski definition) is 8. The van der Waals surface area contributed by atoms with Crippen molar-refractivity contribution < 1.29 is 22.7 Å². The first-order chi connectivity index (χ1) is 15.3. The number of benzene rings is 1. The van der Waals surface area contributed by atoms with Gasteiger partial charge in [-0.05, 0) is 24.3 Å². The van der Waals surface area contributed by atoms with Crippen LogP contribution in [0.2, 0.25) is 0 Å². The summed E-state index contributed by atoms with van der Waals surface area (Å²) in [6, 6.07) is 7.09. The van der Waals surface area contributed by atoms with E-state index in [1.54, 1.807) is 12.1 Å². The molecule has 13 heteroatoms. The number of carbonyl (C=O) groups is 1. The molecule has 2 N–H and O–H groups in total. The van der Waals surface area contributed by atoms with E-state index in [1.165, 1.54) is 34.0 Å². The van der Waals surface area contributed by atoms with Crippen LogP contribution in [0.3, 0.4) is 0 Å². The normalized spacial score (nSPS) is 15.7. The highest BCUT2D eigenvalue weighted by Crippen LogP contribution is 2.35. The molecule has 0 saturated carbocycles. The molecule has 168 valence electrons. The maximum Gasteiger partial charge on any atom is 0.281 e. The van der Waals surface area contributed by atoms with Gasteiger partial charge in [0.15, 0.2) is 16.6 Å². The van der Waals surface area contributed by atoms with E-state index in [1.807, 2.05) is 12.1 Å². The summed E-state index contributed by atoms with van der Waals surface area (Å²) in [7, 11) is -0.488. The minimum absolute atomic E-state index is 0.184. The Kier molecular flexibility index (Phi) is 5.12. The molecule has 0 atom stereocenters. The standard InChI is InChI=1S/C19H20N6O5S2/c1-24(2)32(27,28)25-6-5-12-17(9-25)31-19(20-12)21-18(26)14-8-13(22-23-14)11-3-4-15-16(7-11)30-10-29-15/h3-4,7-8H,5-6,9-10H2,1-2H3,(H,22,23)(H,20,21,26). The van der Waals surface area contributed by atoms with Crippen LogP contribution in [0, 0.1) is 0 Å². The molecule has 1 aromatic carbocycles. The Morgan fingerprint density at radius 3 is 2.88 bits per heavy atom. The van der Waals surface area contributed by atoms with E-state index in [2.05, 4.69) is 20.5 Å². The van der Waals surface area contributed by atoms with E-state index >= 15 is 0 Å². The van der Waals surface area contributed by atoms with Crippen molar-refractivity contribution in [3.8, 4) is 22.8 Å². The highest BCUT2D eigenvalue weighted by atomic mass is 32.2. The first-order valence-corrected chi connectivity index (χ1v) is 12.0. The summed E-state index contributed by atoms with van der Waals surface area (Å²) < 4.78 is 38.1. The fourth-order valence-electron chi connectivity index (χ4n) is 3.46. The number of rotatable bonds is 5. The van der Waals surface area contributed by atoms with E-state index in [0.29, 0.717) is 35.3 Å². The van der Waals surface area contributed by atoms with Crippen LogP contribution in [0.1, 0.15) is 21.1 Å². The maximum absolute atomic E-state index is 12.7. The van der Waals surface area contributed by atoms with Gasteiger partial charge in [-0.3, -0.25) is 15.2 Å². The number of H-pyrrole nitrogens is 1. The summed E-state index contributed by atoms with van der Waals surface area (Å²) in [5.74, 6) is 0.926. The fourth-order valence-corrected chi connectivity index (χ4v) is 5.64. The van der Waals surface area contributed by atoms with Gasteiger partial charge in [0.1, 0.15) is 5.69 Å². The van der Waals surface area contributed by atoms with E-state index in [9.17, 15) is 13.2 Å². The summed E-state index contributed by atoms with van der Waals surface area (Å²) in [6.45, 7) is 0.773. The third kappa shape index (κ3) is 3.72. The molecular formula is C19H20N6O5S2. The van der Waals surface area contributed by atoms with Gasteiger partial charge in [0.05, 0.1) is 17.9 Å². The summed E-state index contributed by atoms with van der Waals surface area (Å²) in [5, 5.41) is 10.2. The largest absolute Gasteiger partial charge is 0.454 e. The minimum Gasteiger partial charge on any atom is -0.454 e. The lowest BCUT2D eigenvalue weighted by atomic mass is 10.1. The molecule has 11 nitrogen and oxygen atoms in total. The van der Waals surface area contributed by atoms with Gasteiger partial charge in [-0.2, -0.15) is 22.1 Å². The molecule has 4 heterocycles. The number of ether oxygens (including phenoxy) is 2. The van der Waals surface area contributed by atoms with E-state index in [-0.39, 0.29) is 24.9 Å². The van der Waals surface area contributed by atoms with Crippen molar-refractivity contribution in [1.29, 1.82) is 0 Å². The van der Waals surface area contributed by atoms with Gasteiger partial charge in [-0.1, -0.05) is 0 Å². The average molecular weight is 477 g/mol. The predicted octanol–water partition coefficient (Wildman–Crippen LogP) is 1.68. The van der Waals surface area contributed by atoms with E-state index in [4.69, 9.17) is 9.47 Å². The fraction of sp³-hybridized carbons (Fsp3) is 0.316. The van der Waals surface area contributed by atoms with Crippen LogP contribution in [0.5, 0.6) is 11.5 Å². The summed E-state index contributed by atoms with van der Waals surface area (Å²) >= 11 is 1.27. The molecule has 0 unspecified atom stereocenters. The molecule has 2 aromatic heterocycles. The van der Waals surface area contributed by atoms with Gasteiger partial charge < -0.3 is 9.47 Å². The molecule has 0 bridgehead atoms. The van der Waals surface area contributed by atoms with Crippen molar-refractivity contribution in [2.45, 2.75) is 13.0 Å². The number of carbonyl (C=O) groups excluding carboxylic acids is 1. The molecule has 5 rings (SSSR count). The third-order valence-corrected chi connectivity index (χ3v) is 8.08. The van der Waals surface area contributed by atoms with Crippen molar-refractivity contribution >= 4 is 32.6 Å². The highest BCUT2D eigenvalue weighted by Gasteiger charge is 2.30. The predicted molar refractivity (Wildman–Crippen MR) is 117 cm³/mol. The molecule has 0 saturated heterocycles. The third-order valence-electron chi connectivity index (χ3n) is 5.20. The van der Waals surface area contributed by atoms with Gasteiger partial charge in [0, 0.05) is 37.5 Å². The lowest BCUT2D eigenvalue weighted by Gasteiger charge is -2.27. The number of fused-ring (bicyclic) bond motifs is 2. The van der Waals surface area contributed by atoms with Crippen molar-refractivity contribution in [3.05, 3.63) is 40.5 Å².